The molecule has 3 nitrogen and oxygen atoms in total. The van der Waals surface area contributed by atoms with Gasteiger partial charge in [0.25, 0.3) is 0 Å². The van der Waals surface area contributed by atoms with Gasteiger partial charge in [0.15, 0.2) is 0 Å². The van der Waals surface area contributed by atoms with E-state index in [4.69, 9.17) is 15.4 Å². The normalized spacial score (nSPS) is 14.0. The van der Waals surface area contributed by atoms with Crippen molar-refractivity contribution in [3.8, 4) is 5.75 Å². The van der Waals surface area contributed by atoms with Gasteiger partial charge < -0.3 is 4.74 Å². The Labute approximate surface area is 133 Å². The van der Waals surface area contributed by atoms with Crippen LogP contribution in [0.2, 0.25) is 0 Å². The van der Waals surface area contributed by atoms with Crippen molar-refractivity contribution in [1.29, 1.82) is 0 Å². The van der Waals surface area contributed by atoms with Crippen LogP contribution >= 0.6 is 10.7 Å². The highest BCUT2D eigenvalue weighted by atomic mass is 35.7. The zero-order valence-electron chi connectivity index (χ0n) is 13.7. The molecule has 0 radical (unpaired) electrons. The van der Waals surface area contributed by atoms with Gasteiger partial charge in [-0.15, -0.1) is 0 Å². The quantitative estimate of drug-likeness (QED) is 0.758. The number of ether oxygens (including phenoxy) is 1. The van der Waals surface area contributed by atoms with Crippen LogP contribution in [0.15, 0.2) is 12.1 Å². The third-order valence-corrected chi connectivity index (χ3v) is 4.84. The topological polar surface area (TPSA) is 43.4 Å². The maximum atomic E-state index is 11.4. The summed E-state index contributed by atoms with van der Waals surface area (Å²) in [5.41, 5.74) is 3.12. The molecule has 0 saturated heterocycles. The smallest absolute Gasteiger partial charge is 0.233 e. The number of benzene rings is 1. The van der Waals surface area contributed by atoms with Crippen molar-refractivity contribution in [2.24, 2.45) is 11.3 Å². The van der Waals surface area contributed by atoms with E-state index in [2.05, 4.69) is 12.1 Å². The lowest BCUT2D eigenvalue weighted by atomic mass is 9.82. The third-order valence-electron chi connectivity index (χ3n) is 3.66. The largest absolute Gasteiger partial charge is 0.493 e. The average molecular weight is 333 g/mol. The Hall–Kier alpha value is -0.740. The fourth-order valence-electron chi connectivity index (χ4n) is 2.37. The maximum Gasteiger partial charge on any atom is 0.233 e. The van der Waals surface area contributed by atoms with Crippen LogP contribution < -0.4 is 4.74 Å². The highest BCUT2D eigenvalue weighted by molar-refractivity contribution is 8.13. The number of rotatable bonds is 5. The molecule has 1 atom stereocenters. The number of hydrogen-bond donors (Lipinski definition) is 0. The molecule has 1 aromatic rings. The van der Waals surface area contributed by atoms with E-state index in [1.807, 2.05) is 41.5 Å². The van der Waals surface area contributed by atoms with Gasteiger partial charge in [-0.1, -0.05) is 38.5 Å². The molecule has 0 aliphatic rings. The molecule has 0 heterocycles. The van der Waals surface area contributed by atoms with Crippen LogP contribution in [0.25, 0.3) is 0 Å². The molecule has 21 heavy (non-hydrogen) atoms. The van der Waals surface area contributed by atoms with E-state index in [-0.39, 0.29) is 17.1 Å². The van der Waals surface area contributed by atoms with Crippen molar-refractivity contribution in [2.45, 2.75) is 41.5 Å². The minimum absolute atomic E-state index is 0.0813. The van der Waals surface area contributed by atoms with E-state index in [1.165, 1.54) is 5.56 Å². The molecule has 0 spiro atoms. The second kappa shape index (κ2) is 6.57. The van der Waals surface area contributed by atoms with Crippen LogP contribution in [0.4, 0.5) is 0 Å². The van der Waals surface area contributed by atoms with Gasteiger partial charge in [-0.05, 0) is 37.3 Å². The number of hydrogen-bond acceptors (Lipinski definition) is 3. The number of aryl methyl sites for hydroxylation is 3. The molecule has 1 unspecified atom stereocenters. The summed E-state index contributed by atoms with van der Waals surface area (Å²) >= 11 is 0. The molecule has 0 fully saturated rings. The summed E-state index contributed by atoms with van der Waals surface area (Å²) in [6.45, 7) is 12.4. The predicted octanol–water partition coefficient (Wildman–Crippen LogP) is 4.22. The third kappa shape index (κ3) is 5.87. The SMILES string of the molecule is Cc1cc(C)c(OCC(CS(=O)(=O)Cl)C(C)(C)C)c(C)c1. The van der Waals surface area contributed by atoms with Gasteiger partial charge in [0.2, 0.25) is 9.05 Å². The van der Waals surface area contributed by atoms with Crippen molar-refractivity contribution < 1.29 is 13.2 Å². The molecule has 0 aliphatic carbocycles. The van der Waals surface area contributed by atoms with Gasteiger partial charge in [-0.2, -0.15) is 0 Å². The second-order valence-electron chi connectivity index (χ2n) is 6.81. The predicted molar refractivity (Wildman–Crippen MR) is 88.7 cm³/mol. The first-order chi connectivity index (χ1) is 9.40. The minimum Gasteiger partial charge on any atom is -0.493 e. The van der Waals surface area contributed by atoms with Gasteiger partial charge in [-0.3, -0.25) is 0 Å². The lowest BCUT2D eigenvalue weighted by Gasteiger charge is -2.30. The fourth-order valence-corrected chi connectivity index (χ4v) is 3.90. The Kier molecular flexibility index (Phi) is 5.73. The van der Waals surface area contributed by atoms with Gasteiger partial charge >= 0.3 is 0 Å². The van der Waals surface area contributed by atoms with Crippen LogP contribution in [0, 0.1) is 32.1 Å². The molecule has 1 aromatic carbocycles. The van der Waals surface area contributed by atoms with E-state index in [1.54, 1.807) is 0 Å². The van der Waals surface area contributed by atoms with E-state index in [0.29, 0.717) is 6.61 Å². The van der Waals surface area contributed by atoms with Crippen LogP contribution in [-0.2, 0) is 9.05 Å². The Bertz CT molecular complexity index is 577. The van der Waals surface area contributed by atoms with E-state index < -0.39 is 9.05 Å². The van der Waals surface area contributed by atoms with Crippen LogP contribution in [0.3, 0.4) is 0 Å². The van der Waals surface area contributed by atoms with E-state index in [9.17, 15) is 8.42 Å². The molecule has 0 bridgehead atoms. The zero-order chi connectivity index (χ0) is 16.4. The van der Waals surface area contributed by atoms with Gasteiger partial charge in [0.05, 0.1) is 12.4 Å². The molecule has 0 amide bonds. The van der Waals surface area contributed by atoms with Gasteiger partial charge in [0.1, 0.15) is 5.75 Å². The summed E-state index contributed by atoms with van der Waals surface area (Å²) in [7, 11) is 1.87. The summed E-state index contributed by atoms with van der Waals surface area (Å²) in [6.07, 6.45) is 0. The van der Waals surface area contributed by atoms with Crippen LogP contribution in [0.1, 0.15) is 37.5 Å². The van der Waals surface area contributed by atoms with Gasteiger partial charge in [-0.25, -0.2) is 8.42 Å². The Morgan fingerprint density at radius 3 is 2.00 bits per heavy atom. The first kappa shape index (κ1) is 18.3. The number of halogens is 1. The molecule has 5 heteroatoms. The van der Waals surface area contributed by atoms with Crippen molar-refractivity contribution in [1.82, 2.24) is 0 Å². The van der Waals surface area contributed by atoms with E-state index >= 15 is 0 Å². The van der Waals surface area contributed by atoms with E-state index in [0.717, 1.165) is 16.9 Å². The molecule has 0 aromatic heterocycles. The zero-order valence-corrected chi connectivity index (χ0v) is 15.2. The van der Waals surface area contributed by atoms with Crippen LogP contribution in [-0.4, -0.2) is 20.8 Å². The lowest BCUT2D eigenvalue weighted by Crippen LogP contribution is -2.32. The molecule has 1 rings (SSSR count). The molecule has 120 valence electrons. The molecular formula is C16H25ClO3S. The monoisotopic (exact) mass is 332 g/mol. The first-order valence-electron chi connectivity index (χ1n) is 7.03. The first-order valence-corrected chi connectivity index (χ1v) is 9.51. The molecule has 0 aliphatic heterocycles. The van der Waals surface area contributed by atoms with Crippen molar-refractivity contribution in [3.63, 3.8) is 0 Å². The second-order valence-corrected chi connectivity index (χ2v) is 9.63. The lowest BCUT2D eigenvalue weighted by molar-refractivity contribution is 0.162. The summed E-state index contributed by atoms with van der Waals surface area (Å²) < 4.78 is 28.7. The maximum absolute atomic E-state index is 11.4. The summed E-state index contributed by atoms with van der Waals surface area (Å²) in [6, 6.07) is 4.12. The summed E-state index contributed by atoms with van der Waals surface area (Å²) in [5.74, 6) is 0.587. The van der Waals surface area contributed by atoms with Crippen molar-refractivity contribution in [3.05, 3.63) is 28.8 Å². The highest BCUT2D eigenvalue weighted by Crippen LogP contribution is 2.31. The molecule has 0 saturated carbocycles. The minimum atomic E-state index is -3.55. The molecular weight excluding hydrogens is 308 g/mol. The Morgan fingerprint density at radius 1 is 1.14 bits per heavy atom. The summed E-state index contributed by atoms with van der Waals surface area (Å²) in [4.78, 5) is 0. The van der Waals surface area contributed by atoms with Crippen molar-refractivity contribution >= 4 is 19.7 Å². The molecule has 0 N–H and O–H groups in total. The standard InChI is InChI=1S/C16H25ClO3S/c1-11-7-12(2)15(13(3)8-11)20-9-14(16(4,5)6)10-21(17,18)19/h7-8,14H,9-10H2,1-6H3. The summed E-state index contributed by atoms with van der Waals surface area (Å²) in [5, 5.41) is 0. The average Bonchev–Trinajstić information content (AvgIpc) is 2.22. The van der Waals surface area contributed by atoms with Crippen molar-refractivity contribution in [2.75, 3.05) is 12.4 Å². The highest BCUT2D eigenvalue weighted by Gasteiger charge is 2.30. The van der Waals surface area contributed by atoms with Crippen LogP contribution in [0.5, 0.6) is 5.75 Å². The van der Waals surface area contributed by atoms with Gasteiger partial charge in [0, 0.05) is 16.6 Å². The Balaban J connectivity index is 2.93. The Morgan fingerprint density at radius 2 is 1.62 bits per heavy atom. The fraction of sp³-hybridized carbons (Fsp3) is 0.625.